The summed E-state index contributed by atoms with van der Waals surface area (Å²) in [7, 11) is 1.38. The van der Waals surface area contributed by atoms with Gasteiger partial charge in [0.15, 0.2) is 0 Å². The highest BCUT2D eigenvalue weighted by Gasteiger charge is 2.45. The molecule has 5 nitrogen and oxygen atoms in total. The van der Waals surface area contributed by atoms with Gasteiger partial charge in [0.05, 0.1) is 13.0 Å². The lowest BCUT2D eigenvalue weighted by molar-refractivity contribution is -0.161. The molecule has 1 saturated heterocycles. The monoisotopic (exact) mass is 401 g/mol. The van der Waals surface area contributed by atoms with Crippen LogP contribution in [0.2, 0.25) is 0 Å². The third-order valence-electron chi connectivity index (χ3n) is 6.81. The molecule has 0 amide bonds. The molecule has 1 N–H and O–H groups in total. The van der Waals surface area contributed by atoms with E-state index in [2.05, 4.69) is 26.1 Å². The topological polar surface area (TPSA) is 64.6 Å². The highest BCUT2D eigenvalue weighted by Crippen LogP contribution is 2.39. The maximum Gasteiger partial charge on any atom is 0.322 e. The maximum absolute atomic E-state index is 13.3. The molecule has 1 aromatic rings. The Kier molecular flexibility index (Phi) is 6.99. The van der Waals surface area contributed by atoms with Crippen LogP contribution in [0.4, 0.5) is 0 Å². The quantitative estimate of drug-likeness (QED) is 0.750. The number of hydrogen-bond acceptors (Lipinski definition) is 5. The molecule has 1 saturated carbocycles. The van der Waals surface area contributed by atoms with E-state index in [9.17, 15) is 9.59 Å². The zero-order chi connectivity index (χ0) is 21.1. The van der Waals surface area contributed by atoms with E-state index in [0.29, 0.717) is 24.2 Å². The van der Waals surface area contributed by atoms with Crippen molar-refractivity contribution in [1.82, 2.24) is 5.32 Å². The van der Waals surface area contributed by atoms with Gasteiger partial charge in [-0.05, 0) is 55.1 Å². The lowest BCUT2D eigenvalue weighted by Gasteiger charge is -2.37. The van der Waals surface area contributed by atoms with Crippen molar-refractivity contribution in [2.24, 2.45) is 23.7 Å². The summed E-state index contributed by atoms with van der Waals surface area (Å²) in [6.45, 7) is 8.68. The molecule has 29 heavy (non-hydrogen) atoms. The molecule has 0 radical (unpaired) electrons. The smallest absolute Gasteiger partial charge is 0.322 e. The van der Waals surface area contributed by atoms with Crippen molar-refractivity contribution in [2.45, 2.75) is 71.6 Å². The number of methoxy groups -OCH3 is 1. The van der Waals surface area contributed by atoms with Crippen LogP contribution < -0.4 is 5.32 Å². The van der Waals surface area contributed by atoms with Crippen molar-refractivity contribution in [1.29, 1.82) is 0 Å². The van der Waals surface area contributed by atoms with Crippen molar-refractivity contribution in [3.05, 3.63) is 35.4 Å². The zero-order valence-electron chi connectivity index (χ0n) is 18.3. The zero-order valence-corrected chi connectivity index (χ0v) is 18.3. The van der Waals surface area contributed by atoms with E-state index >= 15 is 0 Å². The Bertz CT molecular complexity index is 731. The van der Waals surface area contributed by atoms with Gasteiger partial charge in [-0.3, -0.25) is 14.9 Å². The number of esters is 2. The van der Waals surface area contributed by atoms with Crippen LogP contribution in [-0.4, -0.2) is 31.2 Å². The maximum atomic E-state index is 13.3. The number of nitrogens with one attached hydrogen (secondary N) is 1. The number of hydrogen-bond donors (Lipinski definition) is 1. The molecule has 0 aromatic heterocycles. The van der Waals surface area contributed by atoms with Crippen LogP contribution in [0.15, 0.2) is 24.3 Å². The molecule has 160 valence electrons. The first-order chi connectivity index (χ1) is 13.8. The summed E-state index contributed by atoms with van der Waals surface area (Å²) < 4.78 is 11.1. The second kappa shape index (κ2) is 9.29. The summed E-state index contributed by atoms with van der Waals surface area (Å²) in [5, 5.41) is 3.33. The van der Waals surface area contributed by atoms with Gasteiger partial charge >= 0.3 is 11.9 Å². The van der Waals surface area contributed by atoms with Gasteiger partial charge in [-0.15, -0.1) is 0 Å². The third kappa shape index (κ3) is 4.82. The highest BCUT2D eigenvalue weighted by atomic mass is 16.5. The molecule has 2 fully saturated rings. The molecule has 1 aromatic carbocycles. The van der Waals surface area contributed by atoms with Crippen molar-refractivity contribution in [2.75, 3.05) is 7.11 Å². The Balaban J connectivity index is 1.82. The van der Waals surface area contributed by atoms with Crippen LogP contribution in [0.25, 0.3) is 0 Å². The second-order valence-electron chi connectivity index (χ2n) is 9.22. The van der Waals surface area contributed by atoms with E-state index in [1.165, 1.54) is 13.5 Å². The standard InChI is InChI=1S/C24H35NO4/c1-14(2)17-11-10-15(3)12-21(17)29-23(26)19-13-20(24(27)28-5)25-22(19)18-9-7-6-8-16(18)4/h6-9,14-15,17,19-22,25H,10-13H2,1-5H3/t15-,17+,19+,20+,21-,22+/m1/s1. The van der Waals surface area contributed by atoms with E-state index in [4.69, 9.17) is 9.47 Å². The molecular formula is C24H35NO4. The van der Waals surface area contributed by atoms with E-state index in [-0.39, 0.29) is 24.1 Å². The molecule has 6 atom stereocenters. The van der Waals surface area contributed by atoms with Crippen molar-refractivity contribution in [3.8, 4) is 0 Å². The van der Waals surface area contributed by atoms with E-state index in [0.717, 1.165) is 24.0 Å². The van der Waals surface area contributed by atoms with Crippen LogP contribution in [-0.2, 0) is 19.1 Å². The largest absolute Gasteiger partial charge is 0.468 e. The molecule has 5 heteroatoms. The Labute approximate surface area is 174 Å². The Morgan fingerprint density at radius 1 is 1.10 bits per heavy atom. The van der Waals surface area contributed by atoms with Crippen molar-refractivity contribution < 1.29 is 19.1 Å². The summed E-state index contributed by atoms with van der Waals surface area (Å²) in [5.41, 5.74) is 2.14. The summed E-state index contributed by atoms with van der Waals surface area (Å²) in [4.78, 5) is 25.5. The van der Waals surface area contributed by atoms with E-state index in [1.807, 2.05) is 31.2 Å². The summed E-state index contributed by atoms with van der Waals surface area (Å²) in [5.74, 6) is 0.534. The van der Waals surface area contributed by atoms with E-state index < -0.39 is 12.0 Å². The van der Waals surface area contributed by atoms with Gasteiger partial charge in [-0.25, -0.2) is 0 Å². The number of rotatable bonds is 5. The van der Waals surface area contributed by atoms with E-state index in [1.54, 1.807) is 0 Å². The molecule has 3 rings (SSSR count). The third-order valence-corrected chi connectivity index (χ3v) is 6.81. The molecule has 0 bridgehead atoms. The summed E-state index contributed by atoms with van der Waals surface area (Å²) >= 11 is 0. The normalized spacial score (nSPS) is 32.2. The van der Waals surface area contributed by atoms with Gasteiger partial charge in [0.25, 0.3) is 0 Å². The number of carbonyl (C=O) groups is 2. The Morgan fingerprint density at radius 2 is 1.83 bits per heavy atom. The first-order valence-electron chi connectivity index (χ1n) is 10.9. The first kappa shape index (κ1) is 21.8. The van der Waals surface area contributed by atoms with Gasteiger partial charge in [0.1, 0.15) is 12.1 Å². The number of ether oxygens (including phenoxy) is 2. The van der Waals surface area contributed by atoms with Crippen LogP contribution in [0, 0.1) is 30.6 Å². The van der Waals surface area contributed by atoms with Gasteiger partial charge in [-0.2, -0.15) is 0 Å². The fraction of sp³-hybridized carbons (Fsp3) is 0.667. The second-order valence-corrected chi connectivity index (χ2v) is 9.22. The van der Waals surface area contributed by atoms with Gasteiger partial charge in [0, 0.05) is 6.04 Å². The first-order valence-corrected chi connectivity index (χ1v) is 10.9. The summed E-state index contributed by atoms with van der Waals surface area (Å²) in [6, 6.07) is 7.26. The lowest BCUT2D eigenvalue weighted by atomic mass is 9.75. The number of aryl methyl sites for hydroxylation is 1. The van der Waals surface area contributed by atoms with Crippen molar-refractivity contribution >= 4 is 11.9 Å². The van der Waals surface area contributed by atoms with Crippen molar-refractivity contribution in [3.63, 3.8) is 0 Å². The SMILES string of the molecule is COC(=O)[C@@H]1C[C@H](C(=O)O[C@@H]2C[C@H](C)CC[C@H]2C(C)C)[C@H](c2ccccc2C)N1. The minimum Gasteiger partial charge on any atom is -0.468 e. The highest BCUT2D eigenvalue weighted by molar-refractivity contribution is 5.80. The molecule has 1 aliphatic carbocycles. The fourth-order valence-electron chi connectivity index (χ4n) is 5.06. The molecule has 1 heterocycles. The predicted molar refractivity (Wildman–Crippen MR) is 112 cm³/mol. The van der Waals surface area contributed by atoms with Gasteiger partial charge in [-0.1, -0.05) is 51.5 Å². The summed E-state index contributed by atoms with van der Waals surface area (Å²) in [6.07, 6.45) is 3.58. The average molecular weight is 402 g/mol. The molecule has 2 aliphatic rings. The fourth-order valence-corrected chi connectivity index (χ4v) is 5.06. The van der Waals surface area contributed by atoms with Gasteiger partial charge in [0.2, 0.25) is 0 Å². The average Bonchev–Trinajstić information content (AvgIpc) is 3.13. The Hall–Kier alpha value is -1.88. The van der Waals surface area contributed by atoms with Gasteiger partial charge < -0.3 is 9.47 Å². The predicted octanol–water partition coefficient (Wildman–Crippen LogP) is 4.19. The molecule has 0 unspecified atom stereocenters. The Morgan fingerprint density at radius 3 is 2.48 bits per heavy atom. The molecular weight excluding hydrogens is 366 g/mol. The van der Waals surface area contributed by atoms with Crippen LogP contribution in [0.3, 0.4) is 0 Å². The number of carbonyl (C=O) groups excluding carboxylic acids is 2. The van der Waals surface area contributed by atoms with Crippen LogP contribution >= 0.6 is 0 Å². The van der Waals surface area contributed by atoms with Crippen LogP contribution in [0.5, 0.6) is 0 Å². The minimum atomic E-state index is -0.492. The van der Waals surface area contributed by atoms with Crippen LogP contribution in [0.1, 0.15) is 63.6 Å². The number of benzene rings is 1. The minimum absolute atomic E-state index is 0.0408. The molecule has 1 aliphatic heterocycles. The lowest BCUT2D eigenvalue weighted by Crippen LogP contribution is -2.38. The molecule has 0 spiro atoms.